The first kappa shape index (κ1) is 14.8. The van der Waals surface area contributed by atoms with Gasteiger partial charge in [0.2, 0.25) is 11.9 Å². The van der Waals surface area contributed by atoms with E-state index in [0.29, 0.717) is 25.5 Å². The number of nitrogens with zero attached hydrogens (tertiary/aromatic N) is 3. The van der Waals surface area contributed by atoms with Crippen molar-refractivity contribution in [2.24, 2.45) is 5.92 Å². The molecule has 20 heavy (non-hydrogen) atoms. The summed E-state index contributed by atoms with van der Waals surface area (Å²) in [5.74, 6) is 0.932. The van der Waals surface area contributed by atoms with E-state index in [-0.39, 0.29) is 29.4 Å². The van der Waals surface area contributed by atoms with Crippen LogP contribution in [0.4, 0.5) is 11.9 Å². The molecule has 3 N–H and O–H groups in total. The van der Waals surface area contributed by atoms with E-state index in [1.165, 1.54) is 0 Å². The van der Waals surface area contributed by atoms with Crippen LogP contribution in [-0.2, 0) is 9.84 Å². The van der Waals surface area contributed by atoms with Gasteiger partial charge in [-0.25, -0.2) is 8.42 Å². The van der Waals surface area contributed by atoms with Gasteiger partial charge in [-0.3, -0.25) is 0 Å². The van der Waals surface area contributed by atoms with E-state index in [0.717, 1.165) is 6.42 Å². The van der Waals surface area contributed by atoms with E-state index in [1.807, 2.05) is 6.92 Å². The summed E-state index contributed by atoms with van der Waals surface area (Å²) < 4.78 is 28.0. The zero-order chi connectivity index (χ0) is 14.6. The normalized spacial score (nSPS) is 20.8. The molecule has 2 rings (SSSR count). The average molecular weight is 301 g/mol. The summed E-state index contributed by atoms with van der Waals surface area (Å²) in [5, 5.41) is 3.00. The van der Waals surface area contributed by atoms with E-state index in [9.17, 15) is 8.42 Å². The average Bonchev–Trinajstić information content (AvgIpc) is 2.73. The zero-order valence-corrected chi connectivity index (χ0v) is 12.2. The topological polar surface area (TPSA) is 120 Å². The molecule has 1 atom stereocenters. The quantitative estimate of drug-likeness (QED) is 0.758. The van der Waals surface area contributed by atoms with Crippen molar-refractivity contribution in [3.8, 4) is 6.01 Å². The number of aromatic nitrogens is 3. The summed E-state index contributed by atoms with van der Waals surface area (Å²) in [4.78, 5) is 11.9. The van der Waals surface area contributed by atoms with Crippen LogP contribution in [0.15, 0.2) is 0 Å². The molecule has 0 radical (unpaired) electrons. The van der Waals surface area contributed by atoms with Gasteiger partial charge in [-0.1, -0.05) is 6.92 Å². The van der Waals surface area contributed by atoms with Crippen molar-refractivity contribution in [3.63, 3.8) is 0 Å². The SMILES string of the molecule is CCCOc1nc(N)nc(NCC2CCS(=O)(=O)C2)n1. The van der Waals surface area contributed by atoms with Gasteiger partial charge in [0.15, 0.2) is 9.84 Å². The highest BCUT2D eigenvalue weighted by Crippen LogP contribution is 2.19. The summed E-state index contributed by atoms with van der Waals surface area (Å²) in [6, 6.07) is 0.181. The highest BCUT2D eigenvalue weighted by Gasteiger charge is 2.27. The number of hydrogen-bond donors (Lipinski definition) is 2. The van der Waals surface area contributed by atoms with Crippen molar-refractivity contribution in [2.75, 3.05) is 35.7 Å². The molecule has 0 aliphatic carbocycles. The molecule has 0 saturated carbocycles. The van der Waals surface area contributed by atoms with Crippen molar-refractivity contribution in [2.45, 2.75) is 19.8 Å². The first-order valence-electron chi connectivity index (χ1n) is 6.57. The molecular formula is C11H19N5O3S. The Bertz CT molecular complexity index is 563. The number of nitrogens with one attached hydrogen (secondary N) is 1. The number of ether oxygens (including phenoxy) is 1. The van der Waals surface area contributed by atoms with Crippen LogP contribution in [0.25, 0.3) is 0 Å². The Labute approximate surface area is 118 Å². The Balaban J connectivity index is 1.94. The van der Waals surface area contributed by atoms with Gasteiger partial charge in [-0.15, -0.1) is 0 Å². The zero-order valence-electron chi connectivity index (χ0n) is 11.4. The molecule has 1 aromatic heterocycles. The first-order chi connectivity index (χ1) is 9.48. The molecule has 1 aliphatic heterocycles. The molecule has 112 valence electrons. The molecule has 0 aromatic carbocycles. The predicted octanol–water partition coefficient (Wildman–Crippen LogP) is 0.0892. The van der Waals surface area contributed by atoms with Gasteiger partial charge in [0, 0.05) is 6.54 Å². The van der Waals surface area contributed by atoms with Gasteiger partial charge in [-0.2, -0.15) is 15.0 Å². The van der Waals surface area contributed by atoms with Crippen molar-refractivity contribution in [1.82, 2.24) is 15.0 Å². The van der Waals surface area contributed by atoms with Gasteiger partial charge in [-0.05, 0) is 18.8 Å². The molecule has 8 nitrogen and oxygen atoms in total. The molecular weight excluding hydrogens is 282 g/mol. The lowest BCUT2D eigenvalue weighted by Gasteiger charge is -2.10. The molecule has 1 unspecified atom stereocenters. The molecule has 1 aromatic rings. The Morgan fingerprint density at radius 3 is 2.85 bits per heavy atom. The number of rotatable bonds is 6. The number of hydrogen-bond acceptors (Lipinski definition) is 8. The lowest BCUT2D eigenvalue weighted by molar-refractivity contribution is 0.292. The fourth-order valence-corrected chi connectivity index (χ4v) is 3.84. The minimum absolute atomic E-state index is 0.0765. The predicted molar refractivity (Wildman–Crippen MR) is 75.3 cm³/mol. The number of sulfone groups is 1. The van der Waals surface area contributed by atoms with Crippen LogP contribution in [0.5, 0.6) is 6.01 Å². The minimum Gasteiger partial charge on any atom is -0.463 e. The fraction of sp³-hybridized carbons (Fsp3) is 0.727. The smallest absolute Gasteiger partial charge is 0.323 e. The van der Waals surface area contributed by atoms with Gasteiger partial charge in [0.1, 0.15) is 0 Å². The summed E-state index contributed by atoms with van der Waals surface area (Å²) in [6.45, 7) is 2.98. The number of nitrogen functional groups attached to an aromatic ring is 1. The highest BCUT2D eigenvalue weighted by atomic mass is 32.2. The van der Waals surface area contributed by atoms with E-state index in [4.69, 9.17) is 10.5 Å². The second-order valence-corrected chi connectivity index (χ2v) is 7.03. The third kappa shape index (κ3) is 4.19. The summed E-state index contributed by atoms with van der Waals surface area (Å²) in [7, 11) is -2.87. The Morgan fingerprint density at radius 2 is 2.20 bits per heavy atom. The van der Waals surface area contributed by atoms with E-state index in [2.05, 4.69) is 20.3 Å². The Kier molecular flexibility index (Phi) is 4.58. The molecule has 1 aliphatic rings. The van der Waals surface area contributed by atoms with Crippen LogP contribution < -0.4 is 15.8 Å². The second kappa shape index (κ2) is 6.21. The van der Waals surface area contributed by atoms with Crippen LogP contribution in [0, 0.1) is 5.92 Å². The Morgan fingerprint density at radius 1 is 1.40 bits per heavy atom. The van der Waals surface area contributed by atoms with Gasteiger partial charge < -0.3 is 15.8 Å². The van der Waals surface area contributed by atoms with Crippen LogP contribution >= 0.6 is 0 Å². The van der Waals surface area contributed by atoms with Gasteiger partial charge in [0.25, 0.3) is 0 Å². The molecule has 9 heteroatoms. The summed E-state index contributed by atoms with van der Waals surface area (Å²) >= 11 is 0. The van der Waals surface area contributed by atoms with Crippen LogP contribution in [-0.4, -0.2) is 48.0 Å². The second-order valence-electron chi connectivity index (χ2n) is 4.80. The van der Waals surface area contributed by atoms with Crippen LogP contribution in [0.1, 0.15) is 19.8 Å². The molecule has 0 bridgehead atoms. The monoisotopic (exact) mass is 301 g/mol. The maximum Gasteiger partial charge on any atom is 0.323 e. The Hall–Kier alpha value is -1.64. The number of nitrogens with two attached hydrogens (primary N) is 1. The standard InChI is InChI=1S/C11H19N5O3S/c1-2-4-19-11-15-9(12)14-10(16-11)13-6-8-3-5-20(17,18)7-8/h8H,2-7H2,1H3,(H3,12,13,14,15,16). The molecule has 1 fully saturated rings. The van der Waals surface area contributed by atoms with Crippen molar-refractivity contribution < 1.29 is 13.2 Å². The van der Waals surface area contributed by atoms with Gasteiger partial charge >= 0.3 is 6.01 Å². The maximum absolute atomic E-state index is 11.4. The molecule has 2 heterocycles. The largest absolute Gasteiger partial charge is 0.463 e. The van der Waals surface area contributed by atoms with Crippen molar-refractivity contribution in [1.29, 1.82) is 0 Å². The third-order valence-electron chi connectivity index (χ3n) is 2.94. The maximum atomic E-state index is 11.4. The lowest BCUT2D eigenvalue weighted by Crippen LogP contribution is -2.18. The minimum atomic E-state index is -2.87. The molecule has 0 amide bonds. The third-order valence-corrected chi connectivity index (χ3v) is 4.78. The molecule has 1 saturated heterocycles. The fourth-order valence-electron chi connectivity index (χ4n) is 1.98. The lowest BCUT2D eigenvalue weighted by atomic mass is 10.1. The van der Waals surface area contributed by atoms with E-state index >= 15 is 0 Å². The van der Waals surface area contributed by atoms with E-state index in [1.54, 1.807) is 0 Å². The number of anilines is 2. The van der Waals surface area contributed by atoms with Crippen molar-refractivity contribution in [3.05, 3.63) is 0 Å². The highest BCUT2D eigenvalue weighted by molar-refractivity contribution is 7.91. The first-order valence-corrected chi connectivity index (χ1v) is 8.39. The van der Waals surface area contributed by atoms with Crippen molar-refractivity contribution >= 4 is 21.7 Å². The summed E-state index contributed by atoms with van der Waals surface area (Å²) in [6.07, 6.45) is 1.50. The van der Waals surface area contributed by atoms with Gasteiger partial charge in [0.05, 0.1) is 18.1 Å². The van der Waals surface area contributed by atoms with Crippen LogP contribution in [0.3, 0.4) is 0 Å². The van der Waals surface area contributed by atoms with Crippen LogP contribution in [0.2, 0.25) is 0 Å². The molecule has 0 spiro atoms. The summed E-state index contributed by atoms with van der Waals surface area (Å²) in [5.41, 5.74) is 5.58. The van der Waals surface area contributed by atoms with E-state index < -0.39 is 9.84 Å².